The van der Waals surface area contributed by atoms with E-state index in [1.54, 1.807) is 6.92 Å². The zero-order valence-electron chi connectivity index (χ0n) is 15.1. The predicted molar refractivity (Wildman–Crippen MR) is 97.1 cm³/mol. The van der Waals surface area contributed by atoms with Crippen molar-refractivity contribution in [1.29, 1.82) is 0 Å². The molecular formula is C18H21F3N4OS. The molecule has 0 saturated heterocycles. The minimum Gasteiger partial charge on any atom is -0.323 e. The zero-order chi connectivity index (χ0) is 19.6. The summed E-state index contributed by atoms with van der Waals surface area (Å²) in [6.07, 6.45) is 5.62. The molecular weight excluding hydrogens is 377 g/mol. The van der Waals surface area contributed by atoms with Crippen LogP contribution in [-0.4, -0.2) is 25.9 Å². The number of nitrogens with zero attached hydrogens (tertiary/aromatic N) is 3. The van der Waals surface area contributed by atoms with E-state index >= 15 is 0 Å². The van der Waals surface area contributed by atoms with Crippen molar-refractivity contribution in [3.63, 3.8) is 0 Å². The van der Waals surface area contributed by atoms with Crippen LogP contribution in [0.4, 0.5) is 18.9 Å². The zero-order valence-corrected chi connectivity index (χ0v) is 16.0. The second-order valence-corrected chi connectivity index (χ2v) is 7.97. The molecule has 2 aromatic rings. The molecule has 1 aromatic heterocycles. The maximum atomic E-state index is 13.8. The number of halogens is 3. The molecule has 1 atom stereocenters. The number of carbonyl (C=O) groups excluding carboxylic acids is 1. The highest BCUT2D eigenvalue weighted by molar-refractivity contribution is 8.00. The molecule has 1 heterocycles. The summed E-state index contributed by atoms with van der Waals surface area (Å²) in [4.78, 5) is 12.4. The van der Waals surface area contributed by atoms with E-state index in [0.29, 0.717) is 11.2 Å². The summed E-state index contributed by atoms with van der Waals surface area (Å²) in [7, 11) is 0. The van der Waals surface area contributed by atoms with Crippen molar-refractivity contribution in [3.8, 4) is 0 Å². The summed E-state index contributed by atoms with van der Waals surface area (Å²) in [5.41, 5.74) is -0.392. The molecule has 3 rings (SSSR count). The van der Waals surface area contributed by atoms with Crippen molar-refractivity contribution >= 4 is 23.4 Å². The van der Waals surface area contributed by atoms with E-state index in [1.165, 1.54) is 18.2 Å². The van der Waals surface area contributed by atoms with Crippen LogP contribution in [0.3, 0.4) is 0 Å². The van der Waals surface area contributed by atoms with Crippen molar-refractivity contribution in [2.24, 2.45) is 0 Å². The van der Waals surface area contributed by atoms with E-state index in [4.69, 9.17) is 0 Å². The number of rotatable bonds is 5. The van der Waals surface area contributed by atoms with Crippen LogP contribution in [-0.2, 0) is 4.79 Å². The standard InChI is InChI=1S/C18H21F3N4OS/c1-10(17(26)22-14-9-8-13(19)15(20)16(14)21)27-18-24-23-11(2)25(18)12-6-4-3-5-7-12/h8-10,12H,3-7H2,1-2H3,(H,22,26)/t10-/m1/s1. The summed E-state index contributed by atoms with van der Waals surface area (Å²) in [5, 5.41) is 10.6. The number of carbonyl (C=O) groups is 1. The third-order valence-electron chi connectivity index (χ3n) is 4.72. The summed E-state index contributed by atoms with van der Waals surface area (Å²) in [5.74, 6) is -4.06. The Labute approximate surface area is 159 Å². The van der Waals surface area contributed by atoms with Gasteiger partial charge in [-0.2, -0.15) is 0 Å². The van der Waals surface area contributed by atoms with Crippen molar-refractivity contribution in [2.45, 2.75) is 62.4 Å². The van der Waals surface area contributed by atoms with Gasteiger partial charge in [-0.15, -0.1) is 10.2 Å². The average molecular weight is 398 g/mol. The quantitative estimate of drug-likeness (QED) is 0.589. The number of anilines is 1. The SMILES string of the molecule is Cc1nnc(S[C@H](C)C(=O)Nc2ccc(F)c(F)c2F)n1C1CCCCC1. The highest BCUT2D eigenvalue weighted by atomic mass is 32.2. The molecule has 9 heteroatoms. The van der Waals surface area contributed by atoms with E-state index in [2.05, 4.69) is 20.1 Å². The number of hydrogen-bond donors (Lipinski definition) is 1. The van der Waals surface area contributed by atoms with Gasteiger partial charge in [0.15, 0.2) is 22.6 Å². The Hall–Kier alpha value is -2.03. The Morgan fingerprint density at radius 3 is 2.59 bits per heavy atom. The summed E-state index contributed by atoms with van der Waals surface area (Å²) in [6, 6.07) is 2.09. The van der Waals surface area contributed by atoms with Gasteiger partial charge >= 0.3 is 0 Å². The normalized spacial score (nSPS) is 16.3. The van der Waals surface area contributed by atoms with Crippen LogP contribution in [0.25, 0.3) is 0 Å². The van der Waals surface area contributed by atoms with E-state index in [9.17, 15) is 18.0 Å². The van der Waals surface area contributed by atoms with Crippen molar-refractivity contribution in [3.05, 3.63) is 35.4 Å². The second-order valence-electron chi connectivity index (χ2n) is 6.66. The molecule has 27 heavy (non-hydrogen) atoms. The van der Waals surface area contributed by atoms with Crippen molar-refractivity contribution in [2.75, 3.05) is 5.32 Å². The van der Waals surface area contributed by atoms with Crippen molar-refractivity contribution < 1.29 is 18.0 Å². The molecule has 1 aromatic carbocycles. The van der Waals surface area contributed by atoms with Crippen LogP contribution < -0.4 is 5.32 Å². The molecule has 1 amide bonds. The van der Waals surface area contributed by atoms with Crippen molar-refractivity contribution in [1.82, 2.24) is 14.8 Å². The average Bonchev–Trinajstić information content (AvgIpc) is 3.03. The van der Waals surface area contributed by atoms with Gasteiger partial charge in [-0.3, -0.25) is 4.79 Å². The molecule has 1 aliphatic carbocycles. The van der Waals surface area contributed by atoms with Gasteiger partial charge in [-0.1, -0.05) is 31.0 Å². The number of aryl methyl sites for hydroxylation is 1. The molecule has 146 valence electrons. The summed E-state index contributed by atoms with van der Waals surface area (Å²) in [6.45, 7) is 3.53. The Bertz CT molecular complexity index is 836. The topological polar surface area (TPSA) is 59.8 Å². The molecule has 1 aliphatic rings. The fourth-order valence-electron chi connectivity index (χ4n) is 3.26. The van der Waals surface area contributed by atoms with Gasteiger partial charge in [0.2, 0.25) is 5.91 Å². The fraction of sp³-hybridized carbons (Fsp3) is 0.500. The minimum absolute atomic E-state index is 0.315. The molecule has 0 spiro atoms. The lowest BCUT2D eigenvalue weighted by atomic mass is 9.95. The van der Waals surface area contributed by atoms with Gasteiger partial charge in [0.1, 0.15) is 5.82 Å². The second kappa shape index (κ2) is 8.33. The van der Waals surface area contributed by atoms with E-state index in [1.807, 2.05) is 6.92 Å². The smallest absolute Gasteiger partial charge is 0.237 e. The van der Waals surface area contributed by atoms with E-state index < -0.39 is 34.3 Å². The van der Waals surface area contributed by atoms with Crippen LogP contribution in [0.2, 0.25) is 0 Å². The number of amides is 1. The molecule has 0 radical (unpaired) electrons. The summed E-state index contributed by atoms with van der Waals surface area (Å²) < 4.78 is 42.2. The third-order valence-corrected chi connectivity index (χ3v) is 5.78. The first-order chi connectivity index (χ1) is 12.9. The van der Waals surface area contributed by atoms with E-state index in [-0.39, 0.29) is 0 Å². The number of hydrogen-bond acceptors (Lipinski definition) is 4. The fourth-order valence-corrected chi connectivity index (χ4v) is 4.22. The Kier molecular flexibility index (Phi) is 6.08. The van der Waals surface area contributed by atoms with Gasteiger partial charge in [-0.25, -0.2) is 13.2 Å². The monoisotopic (exact) mass is 398 g/mol. The largest absolute Gasteiger partial charge is 0.323 e. The number of nitrogens with one attached hydrogen (secondary N) is 1. The first-order valence-corrected chi connectivity index (χ1v) is 9.79. The lowest BCUT2D eigenvalue weighted by molar-refractivity contribution is -0.115. The molecule has 1 fully saturated rings. The molecule has 0 aliphatic heterocycles. The number of benzene rings is 1. The maximum absolute atomic E-state index is 13.8. The predicted octanol–water partition coefficient (Wildman–Crippen LogP) is 4.63. The van der Waals surface area contributed by atoms with Gasteiger partial charge in [-0.05, 0) is 38.8 Å². The number of aromatic nitrogens is 3. The molecule has 1 saturated carbocycles. The Morgan fingerprint density at radius 2 is 1.89 bits per heavy atom. The van der Waals surface area contributed by atoms with Gasteiger partial charge < -0.3 is 9.88 Å². The van der Waals surface area contributed by atoms with Gasteiger partial charge in [0, 0.05) is 6.04 Å². The highest BCUT2D eigenvalue weighted by Crippen LogP contribution is 2.34. The van der Waals surface area contributed by atoms with Crippen LogP contribution in [0.15, 0.2) is 17.3 Å². The third kappa shape index (κ3) is 4.28. The van der Waals surface area contributed by atoms with Crippen LogP contribution in [0.5, 0.6) is 0 Å². The lowest BCUT2D eigenvalue weighted by Crippen LogP contribution is -2.24. The summed E-state index contributed by atoms with van der Waals surface area (Å²) >= 11 is 1.21. The number of thioether (sulfide) groups is 1. The first kappa shape index (κ1) is 19.7. The Balaban J connectivity index is 1.71. The van der Waals surface area contributed by atoms with Gasteiger partial charge in [0.25, 0.3) is 0 Å². The first-order valence-electron chi connectivity index (χ1n) is 8.91. The maximum Gasteiger partial charge on any atom is 0.237 e. The minimum atomic E-state index is -1.61. The van der Waals surface area contributed by atoms with Crippen LogP contribution in [0.1, 0.15) is 50.9 Å². The molecule has 1 N–H and O–H groups in total. The molecule has 0 unspecified atom stereocenters. The molecule has 0 bridgehead atoms. The van der Waals surface area contributed by atoms with Gasteiger partial charge in [0.05, 0.1) is 10.9 Å². The van der Waals surface area contributed by atoms with E-state index in [0.717, 1.165) is 43.6 Å². The van der Waals surface area contributed by atoms with Crippen LogP contribution in [0, 0.1) is 24.4 Å². The Morgan fingerprint density at radius 1 is 1.19 bits per heavy atom. The molecule has 5 nitrogen and oxygen atoms in total. The highest BCUT2D eigenvalue weighted by Gasteiger charge is 2.25. The van der Waals surface area contributed by atoms with Crippen LogP contribution >= 0.6 is 11.8 Å². The lowest BCUT2D eigenvalue weighted by Gasteiger charge is -2.25.